The molecular formula is C9H18N2. The van der Waals surface area contributed by atoms with E-state index in [1.54, 1.807) is 0 Å². The molecule has 0 spiro atoms. The summed E-state index contributed by atoms with van der Waals surface area (Å²) < 4.78 is 0. The van der Waals surface area contributed by atoms with Gasteiger partial charge in [-0.1, -0.05) is 6.58 Å². The van der Waals surface area contributed by atoms with Gasteiger partial charge in [0, 0.05) is 13.1 Å². The number of nitrogens with zero attached hydrogens (tertiary/aromatic N) is 2. The molecule has 0 unspecified atom stereocenters. The molecule has 0 radical (unpaired) electrons. The lowest BCUT2D eigenvalue weighted by Gasteiger charge is -2.47. The van der Waals surface area contributed by atoms with E-state index in [1.165, 1.54) is 5.57 Å². The van der Waals surface area contributed by atoms with Crippen LogP contribution in [0, 0.1) is 0 Å². The van der Waals surface area contributed by atoms with Crippen molar-refractivity contribution in [2.75, 3.05) is 27.2 Å². The average molecular weight is 154 g/mol. The zero-order valence-corrected chi connectivity index (χ0v) is 8.02. The first-order valence-corrected chi connectivity index (χ1v) is 4.03. The molecule has 0 atom stereocenters. The molecule has 1 heterocycles. The molecule has 1 aliphatic rings. The highest BCUT2D eigenvalue weighted by Crippen LogP contribution is 2.23. The highest BCUT2D eigenvalue weighted by atomic mass is 15.4. The lowest BCUT2D eigenvalue weighted by atomic mass is 10.1. The summed E-state index contributed by atoms with van der Waals surface area (Å²) in [5.41, 5.74) is 1.48. The van der Waals surface area contributed by atoms with Crippen LogP contribution in [0.2, 0.25) is 0 Å². The first-order chi connectivity index (χ1) is 4.94. The van der Waals surface area contributed by atoms with Gasteiger partial charge in [0.25, 0.3) is 0 Å². The Hall–Kier alpha value is -0.340. The van der Waals surface area contributed by atoms with Crippen molar-refractivity contribution in [1.29, 1.82) is 0 Å². The van der Waals surface area contributed by atoms with E-state index in [4.69, 9.17) is 0 Å². The van der Waals surface area contributed by atoms with Gasteiger partial charge in [-0.3, -0.25) is 9.80 Å². The Balaban J connectivity index is 2.75. The van der Waals surface area contributed by atoms with Crippen LogP contribution in [0.1, 0.15) is 13.8 Å². The Morgan fingerprint density at radius 1 is 1.18 bits per heavy atom. The van der Waals surface area contributed by atoms with Crippen LogP contribution in [0.4, 0.5) is 0 Å². The Labute approximate surface area is 69.5 Å². The van der Waals surface area contributed by atoms with E-state index in [0.29, 0.717) is 0 Å². The van der Waals surface area contributed by atoms with Crippen LogP contribution in [-0.2, 0) is 0 Å². The van der Waals surface area contributed by atoms with E-state index in [9.17, 15) is 0 Å². The van der Waals surface area contributed by atoms with E-state index in [0.717, 1.165) is 13.1 Å². The molecule has 2 heteroatoms. The standard InChI is InChI=1S/C9H18N2/c1-8-6-10(4)9(2,3)11(5)7-8/h1,6-7H2,2-5H3. The van der Waals surface area contributed by atoms with E-state index >= 15 is 0 Å². The van der Waals surface area contributed by atoms with Gasteiger partial charge in [-0.15, -0.1) is 0 Å². The van der Waals surface area contributed by atoms with Gasteiger partial charge < -0.3 is 0 Å². The van der Waals surface area contributed by atoms with Crippen molar-refractivity contribution in [1.82, 2.24) is 9.80 Å². The molecule has 1 aliphatic heterocycles. The maximum atomic E-state index is 4.00. The minimum absolute atomic E-state index is 0.182. The molecule has 11 heavy (non-hydrogen) atoms. The van der Waals surface area contributed by atoms with Crippen molar-refractivity contribution in [2.24, 2.45) is 0 Å². The molecule has 0 bridgehead atoms. The van der Waals surface area contributed by atoms with Gasteiger partial charge in [0.15, 0.2) is 0 Å². The van der Waals surface area contributed by atoms with Crippen molar-refractivity contribution < 1.29 is 0 Å². The van der Waals surface area contributed by atoms with Gasteiger partial charge in [0.2, 0.25) is 0 Å². The first-order valence-electron chi connectivity index (χ1n) is 4.03. The molecule has 2 nitrogen and oxygen atoms in total. The maximum Gasteiger partial charge on any atom is 0.0680 e. The first kappa shape index (κ1) is 8.75. The smallest absolute Gasteiger partial charge is 0.0680 e. The Bertz CT molecular complexity index is 156. The summed E-state index contributed by atoms with van der Waals surface area (Å²) in [5.74, 6) is 0. The van der Waals surface area contributed by atoms with Gasteiger partial charge in [-0.05, 0) is 33.5 Å². The second-order valence-electron chi connectivity index (χ2n) is 3.96. The molecule has 64 valence electrons. The molecule has 1 fully saturated rings. The third-order valence-electron chi connectivity index (χ3n) is 2.79. The molecule has 0 aromatic heterocycles. The zero-order chi connectivity index (χ0) is 8.65. The van der Waals surface area contributed by atoms with E-state index in [1.807, 2.05) is 0 Å². The highest BCUT2D eigenvalue weighted by Gasteiger charge is 2.32. The maximum absolute atomic E-state index is 4.00. The number of rotatable bonds is 0. The molecule has 0 aromatic rings. The van der Waals surface area contributed by atoms with E-state index < -0.39 is 0 Å². The van der Waals surface area contributed by atoms with Crippen LogP contribution in [0.15, 0.2) is 12.2 Å². The lowest BCUT2D eigenvalue weighted by molar-refractivity contribution is -0.00945. The van der Waals surface area contributed by atoms with E-state index in [2.05, 4.69) is 44.3 Å². The minimum Gasteiger partial charge on any atom is -0.285 e. The van der Waals surface area contributed by atoms with Gasteiger partial charge >= 0.3 is 0 Å². The van der Waals surface area contributed by atoms with Crippen LogP contribution >= 0.6 is 0 Å². The summed E-state index contributed by atoms with van der Waals surface area (Å²) in [4.78, 5) is 4.64. The van der Waals surface area contributed by atoms with Gasteiger partial charge in [-0.25, -0.2) is 0 Å². The molecular weight excluding hydrogens is 136 g/mol. The Morgan fingerprint density at radius 3 is 1.91 bits per heavy atom. The number of hydrogen-bond acceptors (Lipinski definition) is 2. The average Bonchev–Trinajstić information content (AvgIpc) is 1.84. The fourth-order valence-electron chi connectivity index (χ4n) is 1.40. The van der Waals surface area contributed by atoms with Crippen molar-refractivity contribution in [3.05, 3.63) is 12.2 Å². The monoisotopic (exact) mass is 154 g/mol. The van der Waals surface area contributed by atoms with Crippen LogP contribution in [0.25, 0.3) is 0 Å². The van der Waals surface area contributed by atoms with Crippen molar-refractivity contribution in [2.45, 2.75) is 19.5 Å². The molecule has 0 aromatic carbocycles. The summed E-state index contributed by atoms with van der Waals surface area (Å²) >= 11 is 0. The largest absolute Gasteiger partial charge is 0.285 e. The Kier molecular flexibility index (Phi) is 2.08. The minimum atomic E-state index is 0.182. The van der Waals surface area contributed by atoms with Gasteiger partial charge in [-0.2, -0.15) is 0 Å². The molecule has 0 N–H and O–H groups in total. The van der Waals surface area contributed by atoms with E-state index in [-0.39, 0.29) is 5.66 Å². The summed E-state index contributed by atoms with van der Waals surface area (Å²) in [6, 6.07) is 0. The SMILES string of the molecule is C=C1CN(C)C(C)(C)N(C)C1. The predicted octanol–water partition coefficient (Wildman–Crippen LogP) is 1.16. The van der Waals surface area contributed by atoms with Crippen molar-refractivity contribution in [3.63, 3.8) is 0 Å². The third kappa shape index (κ3) is 1.47. The van der Waals surface area contributed by atoms with Crippen molar-refractivity contribution in [3.8, 4) is 0 Å². The molecule has 0 amide bonds. The summed E-state index contributed by atoms with van der Waals surface area (Å²) in [6.45, 7) is 10.5. The molecule has 1 rings (SSSR count). The lowest BCUT2D eigenvalue weighted by Crippen LogP contribution is -2.58. The summed E-state index contributed by atoms with van der Waals surface area (Å²) in [5, 5.41) is 0. The van der Waals surface area contributed by atoms with Crippen LogP contribution < -0.4 is 0 Å². The van der Waals surface area contributed by atoms with Crippen LogP contribution in [0.5, 0.6) is 0 Å². The normalized spacial score (nSPS) is 27.5. The predicted molar refractivity (Wildman–Crippen MR) is 48.5 cm³/mol. The van der Waals surface area contributed by atoms with Gasteiger partial charge in [0.1, 0.15) is 0 Å². The fourth-order valence-corrected chi connectivity index (χ4v) is 1.40. The second kappa shape index (κ2) is 2.61. The van der Waals surface area contributed by atoms with Crippen molar-refractivity contribution >= 4 is 0 Å². The topological polar surface area (TPSA) is 6.48 Å². The van der Waals surface area contributed by atoms with Crippen LogP contribution in [-0.4, -0.2) is 42.6 Å². The molecule has 0 saturated carbocycles. The number of likely N-dealkylation sites (N-methyl/N-ethyl adjacent to an activating group) is 2. The zero-order valence-electron chi connectivity index (χ0n) is 8.02. The molecule has 0 aliphatic carbocycles. The quantitative estimate of drug-likeness (QED) is 0.483. The fraction of sp³-hybridized carbons (Fsp3) is 0.778. The summed E-state index contributed by atoms with van der Waals surface area (Å²) in [6.07, 6.45) is 0. The summed E-state index contributed by atoms with van der Waals surface area (Å²) in [7, 11) is 4.28. The third-order valence-corrected chi connectivity index (χ3v) is 2.79. The number of hydrogen-bond donors (Lipinski definition) is 0. The van der Waals surface area contributed by atoms with Crippen LogP contribution in [0.3, 0.4) is 0 Å². The van der Waals surface area contributed by atoms with Gasteiger partial charge in [0.05, 0.1) is 5.66 Å². The highest BCUT2D eigenvalue weighted by molar-refractivity contribution is 5.06. The second-order valence-corrected chi connectivity index (χ2v) is 3.96. The Morgan fingerprint density at radius 2 is 1.55 bits per heavy atom. The molecule has 1 saturated heterocycles.